The average Bonchev–Trinajstić information content (AvgIpc) is 3.07. The van der Waals surface area contributed by atoms with Crippen molar-refractivity contribution in [2.45, 2.75) is 89.2 Å². The Labute approximate surface area is 295 Å². The van der Waals surface area contributed by atoms with E-state index in [0.29, 0.717) is 0 Å². The highest BCUT2D eigenvalue weighted by Gasteiger charge is 2.79. The number of carbonyl (C=O) groups is 5. The molecule has 9 atom stereocenters. The number of ether oxygens (including phenoxy) is 7. The van der Waals surface area contributed by atoms with Crippen molar-refractivity contribution in [3.8, 4) is 0 Å². The van der Waals surface area contributed by atoms with Crippen LogP contribution < -0.4 is 0 Å². The van der Waals surface area contributed by atoms with E-state index in [2.05, 4.69) is 13.2 Å². The Morgan fingerprint density at radius 2 is 1.59 bits per heavy atom. The summed E-state index contributed by atoms with van der Waals surface area (Å²) in [5.41, 5.74) is -7.34. The molecule has 14 heteroatoms. The molecular weight excluding hydrogens is 668 g/mol. The van der Waals surface area contributed by atoms with Gasteiger partial charge in [0.1, 0.15) is 37.1 Å². The van der Waals surface area contributed by atoms with Crippen molar-refractivity contribution in [2.75, 3.05) is 19.8 Å². The van der Waals surface area contributed by atoms with E-state index in [1.807, 2.05) is 0 Å². The zero-order chi connectivity index (χ0) is 37.5. The van der Waals surface area contributed by atoms with Crippen LogP contribution in [0.2, 0.25) is 0 Å². The van der Waals surface area contributed by atoms with Gasteiger partial charge in [-0.1, -0.05) is 57.4 Å². The highest BCUT2D eigenvalue weighted by molar-refractivity contribution is 5.95. The lowest BCUT2D eigenvalue weighted by molar-refractivity contribution is -0.346. The first-order valence-corrected chi connectivity index (χ1v) is 16.6. The highest BCUT2D eigenvalue weighted by Crippen LogP contribution is 2.64. The van der Waals surface area contributed by atoms with E-state index in [1.54, 1.807) is 32.0 Å². The summed E-state index contributed by atoms with van der Waals surface area (Å²) in [7, 11) is 0. The fraction of sp³-hybridized carbons (Fsp3) is 0.541. The van der Waals surface area contributed by atoms with Gasteiger partial charge in [0, 0.05) is 25.2 Å². The standard InChI is InChI=1S/C37H44O14/c1-8-15-45-32(42)48-24-17-25-36(19-47-25,51-21(4)38)28-30(50-31(41)22-13-11-10-12-14-22)37(44)18-23(39)20(3)26(34(37,5)6)27(29(40)35(24,28)7)49-33(43)46-16-9-2/h8-14,23-25,27-28,30,39,44H,1-2,15-19H2,3-7H3/t23-,24-,25+,27+,28-,30-,35+,36-,37+/m0/s1. The topological polar surface area (TPSA) is 190 Å². The third-order valence-electron chi connectivity index (χ3n) is 11.0. The summed E-state index contributed by atoms with van der Waals surface area (Å²) in [5, 5.41) is 24.7. The molecule has 0 radical (unpaired) electrons. The lowest BCUT2D eigenvalue weighted by Gasteiger charge is -2.67. The fourth-order valence-electron chi connectivity index (χ4n) is 8.42. The molecule has 0 spiro atoms. The van der Waals surface area contributed by atoms with Gasteiger partial charge in [-0.15, -0.1) is 0 Å². The maximum Gasteiger partial charge on any atom is 0.509 e. The molecule has 0 unspecified atom stereocenters. The van der Waals surface area contributed by atoms with E-state index in [1.165, 1.54) is 38.1 Å². The number of aliphatic hydroxyl groups is 2. The Kier molecular flexibility index (Phi) is 10.3. The lowest BCUT2D eigenvalue weighted by Crippen LogP contribution is -2.82. The number of benzene rings is 1. The smallest absolute Gasteiger partial charge is 0.455 e. The van der Waals surface area contributed by atoms with E-state index in [-0.39, 0.29) is 43.0 Å². The maximum atomic E-state index is 15.5. The van der Waals surface area contributed by atoms with Crippen LogP contribution in [0.4, 0.5) is 9.59 Å². The monoisotopic (exact) mass is 712 g/mol. The van der Waals surface area contributed by atoms with Crippen molar-refractivity contribution in [1.82, 2.24) is 0 Å². The normalized spacial score (nSPS) is 34.8. The van der Waals surface area contributed by atoms with Gasteiger partial charge in [0.25, 0.3) is 0 Å². The van der Waals surface area contributed by atoms with Gasteiger partial charge in [-0.3, -0.25) is 9.59 Å². The third-order valence-corrected chi connectivity index (χ3v) is 11.0. The second-order valence-corrected chi connectivity index (χ2v) is 14.1. The first kappa shape index (κ1) is 37.7. The van der Waals surface area contributed by atoms with Crippen molar-refractivity contribution >= 4 is 30.0 Å². The van der Waals surface area contributed by atoms with Gasteiger partial charge in [0.05, 0.1) is 29.6 Å². The predicted octanol–water partition coefficient (Wildman–Crippen LogP) is 3.78. The molecule has 1 aliphatic heterocycles. The molecule has 3 aliphatic carbocycles. The Hall–Kier alpha value is -4.53. The second kappa shape index (κ2) is 13.9. The van der Waals surface area contributed by atoms with Crippen molar-refractivity contribution in [3.63, 3.8) is 0 Å². The first-order chi connectivity index (χ1) is 24.0. The van der Waals surface area contributed by atoms with Gasteiger partial charge in [0.2, 0.25) is 0 Å². The first-order valence-electron chi connectivity index (χ1n) is 16.6. The minimum atomic E-state index is -2.26. The summed E-state index contributed by atoms with van der Waals surface area (Å²) in [5.74, 6) is -4.08. The summed E-state index contributed by atoms with van der Waals surface area (Å²) in [4.78, 5) is 68.6. The molecule has 1 saturated heterocycles. The Balaban J connectivity index is 1.83. The van der Waals surface area contributed by atoms with Crippen LogP contribution in [0.15, 0.2) is 66.8 Å². The number of esters is 2. The molecular formula is C37H44O14. The minimum Gasteiger partial charge on any atom is -0.455 e. The number of ketones is 1. The number of aliphatic hydroxyl groups excluding tert-OH is 1. The van der Waals surface area contributed by atoms with Crippen molar-refractivity contribution in [3.05, 3.63) is 72.4 Å². The SMILES string of the molecule is C=CCOC(=O)O[C@H]1C(=O)[C@]2(C)[C@@H](OC(=O)OCC=C)C[C@H]3OC[C@@]3(OC(C)=O)[C@H]2[C@H](OC(=O)c2ccccc2)[C@]2(O)C[C@H](O)C(C)=C1C2(C)C. The van der Waals surface area contributed by atoms with Gasteiger partial charge in [-0.25, -0.2) is 14.4 Å². The largest absolute Gasteiger partial charge is 0.509 e. The van der Waals surface area contributed by atoms with Crippen LogP contribution in [-0.2, 0) is 42.7 Å². The molecule has 5 rings (SSSR count). The van der Waals surface area contributed by atoms with Crippen molar-refractivity contribution < 1.29 is 67.3 Å². The van der Waals surface area contributed by atoms with E-state index < -0.39 is 94.9 Å². The summed E-state index contributed by atoms with van der Waals surface area (Å²) in [6.45, 7) is 13.5. The number of hydrogen-bond donors (Lipinski definition) is 2. The van der Waals surface area contributed by atoms with Gasteiger partial charge >= 0.3 is 24.2 Å². The lowest BCUT2D eigenvalue weighted by atomic mass is 9.44. The molecule has 4 aliphatic rings. The van der Waals surface area contributed by atoms with Crippen LogP contribution >= 0.6 is 0 Å². The zero-order valence-corrected chi connectivity index (χ0v) is 29.2. The molecule has 51 heavy (non-hydrogen) atoms. The Morgan fingerprint density at radius 3 is 2.14 bits per heavy atom. The quantitative estimate of drug-likeness (QED) is 0.214. The molecule has 276 valence electrons. The summed E-state index contributed by atoms with van der Waals surface area (Å²) < 4.78 is 40.1. The number of Topliss-reactive ketones (excluding diaryl/α,β-unsaturated/α-hetero) is 1. The van der Waals surface area contributed by atoms with Crippen LogP contribution in [0.3, 0.4) is 0 Å². The summed E-state index contributed by atoms with van der Waals surface area (Å²) in [6.07, 6.45) is -7.99. The van der Waals surface area contributed by atoms with Crippen LogP contribution in [0, 0.1) is 16.7 Å². The fourth-order valence-corrected chi connectivity index (χ4v) is 8.42. The van der Waals surface area contributed by atoms with Crippen molar-refractivity contribution in [1.29, 1.82) is 0 Å². The van der Waals surface area contributed by atoms with Crippen LogP contribution in [-0.4, -0.2) is 102 Å². The molecule has 2 saturated carbocycles. The molecule has 2 N–H and O–H groups in total. The number of carbonyl (C=O) groups excluding carboxylic acids is 5. The van der Waals surface area contributed by atoms with Crippen LogP contribution in [0.25, 0.3) is 0 Å². The highest BCUT2D eigenvalue weighted by atomic mass is 16.7. The molecule has 0 amide bonds. The summed E-state index contributed by atoms with van der Waals surface area (Å²) >= 11 is 0. The van der Waals surface area contributed by atoms with E-state index in [0.717, 1.165) is 6.92 Å². The van der Waals surface area contributed by atoms with Crippen LogP contribution in [0.1, 0.15) is 57.8 Å². The second-order valence-electron chi connectivity index (χ2n) is 14.1. The van der Waals surface area contributed by atoms with Gasteiger partial charge in [-0.05, 0) is 37.1 Å². The molecule has 0 aromatic heterocycles. The maximum absolute atomic E-state index is 15.5. The van der Waals surface area contributed by atoms with Gasteiger partial charge < -0.3 is 43.4 Å². The molecule has 3 fully saturated rings. The third kappa shape index (κ3) is 6.12. The van der Waals surface area contributed by atoms with Crippen molar-refractivity contribution in [2.24, 2.45) is 16.7 Å². The van der Waals surface area contributed by atoms with Gasteiger partial charge in [-0.2, -0.15) is 0 Å². The van der Waals surface area contributed by atoms with E-state index >= 15 is 4.79 Å². The van der Waals surface area contributed by atoms with Gasteiger partial charge in [0.15, 0.2) is 17.5 Å². The average molecular weight is 713 g/mol. The van der Waals surface area contributed by atoms with E-state index in [4.69, 9.17) is 33.2 Å². The zero-order valence-electron chi connectivity index (χ0n) is 29.2. The number of rotatable bonds is 9. The molecule has 2 bridgehead atoms. The molecule has 1 aromatic carbocycles. The molecule has 1 aromatic rings. The number of hydrogen-bond acceptors (Lipinski definition) is 14. The molecule has 1 heterocycles. The summed E-state index contributed by atoms with van der Waals surface area (Å²) in [6, 6.07) is 7.90. The molecule has 14 nitrogen and oxygen atoms in total. The minimum absolute atomic E-state index is 0.0197. The Morgan fingerprint density at radius 1 is 0.980 bits per heavy atom. The predicted molar refractivity (Wildman–Crippen MR) is 176 cm³/mol. The Bertz CT molecular complexity index is 1630. The number of fused-ring (bicyclic) bond motifs is 5. The van der Waals surface area contributed by atoms with E-state index in [9.17, 15) is 29.4 Å². The van der Waals surface area contributed by atoms with Crippen LogP contribution in [0.5, 0.6) is 0 Å².